The molecule has 0 bridgehead atoms. The van der Waals surface area contributed by atoms with E-state index in [1.807, 2.05) is 66.7 Å². The Hall–Kier alpha value is -7.13. The molecule has 8 rings (SSSR count). The first-order chi connectivity index (χ1) is 30.4. The molecule has 2 heterocycles. The lowest BCUT2D eigenvalue weighted by atomic mass is 9.90. The average molecular weight is 880 g/mol. The van der Waals surface area contributed by atoms with Gasteiger partial charge in [0.15, 0.2) is 0 Å². The van der Waals surface area contributed by atoms with Crippen LogP contribution in [-0.2, 0) is 40.4 Å². The number of carbonyl (C=O) groups is 4. The number of rotatable bonds is 11. The van der Waals surface area contributed by atoms with E-state index in [2.05, 4.69) is 11.4 Å². The number of fused-ring (bicyclic) bond motifs is 2. The summed E-state index contributed by atoms with van der Waals surface area (Å²) in [4.78, 5) is 57.4. The summed E-state index contributed by atoms with van der Waals surface area (Å²) in [7, 11) is 0. The number of hydrogen-bond donors (Lipinski definition) is 2. The number of anilines is 1. The van der Waals surface area contributed by atoms with Gasteiger partial charge in [-0.05, 0) is 99.6 Å². The Morgan fingerprint density at radius 1 is 0.841 bits per heavy atom. The number of hydrogen-bond acceptors (Lipinski definition) is 7. The molecule has 2 aliphatic rings. The lowest BCUT2D eigenvalue weighted by Crippen LogP contribution is -2.56. The lowest BCUT2D eigenvalue weighted by molar-refractivity contribution is -0.142. The van der Waals surface area contributed by atoms with E-state index in [9.17, 15) is 24.3 Å². The number of nitriles is 1. The van der Waals surface area contributed by atoms with Crippen molar-refractivity contribution in [3.8, 4) is 28.7 Å². The minimum absolute atomic E-state index is 0.00126. The van der Waals surface area contributed by atoms with Gasteiger partial charge < -0.3 is 29.7 Å². The summed E-state index contributed by atoms with van der Waals surface area (Å²) in [6.45, 7) is 2.02. The van der Waals surface area contributed by atoms with Crippen LogP contribution in [0.1, 0.15) is 56.8 Å². The number of aliphatic carboxylic acids is 1. The van der Waals surface area contributed by atoms with E-state index in [4.69, 9.17) is 37.9 Å². The fourth-order valence-corrected chi connectivity index (χ4v) is 8.20. The number of halogens is 2. The fourth-order valence-electron chi connectivity index (χ4n) is 7.88. The zero-order valence-corrected chi connectivity index (χ0v) is 35.5. The highest BCUT2D eigenvalue weighted by atomic mass is 35.5. The van der Waals surface area contributed by atoms with Crippen LogP contribution >= 0.6 is 23.2 Å². The molecule has 0 saturated carbocycles. The van der Waals surface area contributed by atoms with Gasteiger partial charge in [0.2, 0.25) is 11.8 Å². The molecule has 3 amide bonds. The van der Waals surface area contributed by atoms with Crippen molar-refractivity contribution in [3.63, 3.8) is 0 Å². The molecule has 0 spiro atoms. The summed E-state index contributed by atoms with van der Waals surface area (Å²) < 4.78 is 12.5. The third-order valence-corrected chi connectivity index (χ3v) is 12.0. The first-order valence-electron chi connectivity index (χ1n) is 20.2. The van der Waals surface area contributed by atoms with Crippen LogP contribution in [0.4, 0.5) is 5.69 Å². The maximum absolute atomic E-state index is 14.3. The number of nitrogens with one attached hydrogen (secondary N) is 1. The lowest BCUT2D eigenvalue weighted by Gasteiger charge is -2.39. The Bertz CT molecular complexity index is 2740. The van der Waals surface area contributed by atoms with Gasteiger partial charge in [0.25, 0.3) is 5.91 Å². The van der Waals surface area contributed by atoms with Crippen molar-refractivity contribution < 1.29 is 33.8 Å². The second-order valence-corrected chi connectivity index (χ2v) is 16.3. The normalized spacial score (nSPS) is 15.8. The fraction of sp³-hybridized carbons (Fsp3) is 0.180. The van der Waals surface area contributed by atoms with Crippen molar-refractivity contribution in [2.24, 2.45) is 0 Å². The summed E-state index contributed by atoms with van der Waals surface area (Å²) in [6, 6.07) is 39.2. The van der Waals surface area contributed by atoms with Crippen molar-refractivity contribution in [2.45, 2.75) is 51.1 Å². The Morgan fingerprint density at radius 3 is 2.17 bits per heavy atom. The number of carboxylic acids is 1. The monoisotopic (exact) mass is 878 g/mol. The van der Waals surface area contributed by atoms with Crippen LogP contribution in [0.3, 0.4) is 0 Å². The molecular weight excluding hydrogens is 839 g/mol. The van der Waals surface area contributed by atoms with Gasteiger partial charge in [-0.25, -0.2) is 4.79 Å². The third-order valence-electron chi connectivity index (χ3n) is 11.3. The van der Waals surface area contributed by atoms with E-state index in [0.717, 1.165) is 33.4 Å². The van der Waals surface area contributed by atoms with Crippen molar-refractivity contribution in [2.75, 3.05) is 11.4 Å². The number of benzene rings is 6. The first kappa shape index (κ1) is 42.6. The molecule has 0 saturated heterocycles. The van der Waals surface area contributed by atoms with E-state index in [1.165, 1.54) is 11.8 Å². The van der Waals surface area contributed by atoms with Crippen molar-refractivity contribution in [1.82, 2.24) is 10.2 Å². The zero-order chi connectivity index (χ0) is 44.2. The van der Waals surface area contributed by atoms with Crippen LogP contribution in [0.25, 0.3) is 11.1 Å². The quantitative estimate of drug-likeness (QED) is 0.131. The van der Waals surface area contributed by atoms with E-state index in [1.54, 1.807) is 71.6 Å². The van der Waals surface area contributed by atoms with Gasteiger partial charge in [-0.15, -0.1) is 0 Å². The Labute approximate surface area is 374 Å². The summed E-state index contributed by atoms with van der Waals surface area (Å²) >= 11 is 12.2. The van der Waals surface area contributed by atoms with Crippen LogP contribution in [0.2, 0.25) is 10.0 Å². The smallest absolute Gasteiger partial charge is 0.326 e. The molecule has 2 N–H and O–H groups in total. The summed E-state index contributed by atoms with van der Waals surface area (Å²) in [5.41, 5.74) is 7.07. The number of carboxylic acid groups (broad SMARTS) is 1. The highest BCUT2D eigenvalue weighted by Gasteiger charge is 2.39. The predicted molar refractivity (Wildman–Crippen MR) is 239 cm³/mol. The molecule has 3 unspecified atom stereocenters. The first-order valence-corrected chi connectivity index (χ1v) is 21.0. The minimum Gasteiger partial charge on any atom is -0.489 e. The molecule has 63 heavy (non-hydrogen) atoms. The van der Waals surface area contributed by atoms with Gasteiger partial charge in [0.1, 0.15) is 36.3 Å². The number of carbonyl (C=O) groups excluding carboxylic acids is 3. The van der Waals surface area contributed by atoms with Crippen LogP contribution in [-0.4, -0.2) is 52.3 Å². The maximum atomic E-state index is 14.3. The molecule has 0 aromatic heterocycles. The largest absolute Gasteiger partial charge is 0.489 e. The maximum Gasteiger partial charge on any atom is 0.326 e. The molecule has 0 fully saturated rings. The number of nitrogens with zero attached hydrogens (tertiary/aromatic N) is 3. The minimum atomic E-state index is -1.29. The average Bonchev–Trinajstić information content (AvgIpc) is 3.30. The van der Waals surface area contributed by atoms with Crippen LogP contribution in [0.5, 0.6) is 11.5 Å². The highest BCUT2D eigenvalue weighted by Crippen LogP contribution is 2.42. The topological polar surface area (TPSA) is 149 Å². The molecule has 6 aromatic rings. The van der Waals surface area contributed by atoms with Gasteiger partial charge in [0.05, 0.1) is 33.9 Å². The van der Waals surface area contributed by atoms with E-state index < -0.39 is 36.0 Å². The van der Waals surface area contributed by atoms with Crippen LogP contribution in [0, 0.1) is 11.3 Å². The van der Waals surface area contributed by atoms with E-state index >= 15 is 0 Å². The Morgan fingerprint density at radius 2 is 1.52 bits per heavy atom. The summed E-state index contributed by atoms with van der Waals surface area (Å²) in [5, 5.41) is 23.1. The van der Waals surface area contributed by atoms with Gasteiger partial charge >= 0.3 is 5.97 Å². The molecule has 13 heteroatoms. The second-order valence-electron chi connectivity index (χ2n) is 15.4. The van der Waals surface area contributed by atoms with Crippen molar-refractivity contribution in [3.05, 3.63) is 182 Å². The van der Waals surface area contributed by atoms with Gasteiger partial charge in [-0.3, -0.25) is 14.4 Å². The Kier molecular flexibility index (Phi) is 12.5. The van der Waals surface area contributed by atoms with Crippen LogP contribution in [0.15, 0.2) is 133 Å². The number of amides is 3. The SMILES string of the molecule is CC(=O)N1CC(c2ccc(OCc3ccc(Cl)c(Cl)c3)cc2)Oc2cc3c(cc21)CC(C(=O)NC(Cc1ccc(-c2ccc(C#N)cc2)cc1)C(=O)O)N(C(=O)c1ccccc1)C3. The van der Waals surface area contributed by atoms with E-state index in [-0.39, 0.29) is 38.4 Å². The highest BCUT2D eigenvalue weighted by molar-refractivity contribution is 6.42. The third kappa shape index (κ3) is 9.53. The molecule has 316 valence electrons. The molecule has 0 aliphatic carbocycles. The van der Waals surface area contributed by atoms with Gasteiger partial charge in [0, 0.05) is 31.9 Å². The van der Waals surface area contributed by atoms with E-state index in [0.29, 0.717) is 43.9 Å². The molecule has 11 nitrogen and oxygen atoms in total. The van der Waals surface area contributed by atoms with Gasteiger partial charge in [-0.2, -0.15) is 5.26 Å². The molecule has 3 atom stereocenters. The summed E-state index contributed by atoms with van der Waals surface area (Å²) in [5.74, 6) is -1.36. The van der Waals surface area contributed by atoms with Crippen molar-refractivity contribution in [1.29, 1.82) is 5.26 Å². The standard InChI is InChI=1S/C50H40Cl2N4O7/c1-30(57)55-28-47(36-16-18-40(19-17-36)62-29-33-11-20-41(51)42(52)21-33)63-46-25-39-27-56(49(59)37-5-3-2-4-6-37)45(24-38(39)23-44(46)55)48(58)54-43(50(60)61)22-31-7-12-34(13-8-31)35-14-9-32(26-53)10-15-35/h2-21,23,25,43,45,47H,22,24,27-29H2,1H3,(H,54,58)(H,60,61). The molecular formula is C50H40Cl2N4O7. The molecule has 2 aliphatic heterocycles. The summed E-state index contributed by atoms with van der Waals surface area (Å²) in [6.07, 6.45) is -0.455. The predicted octanol–water partition coefficient (Wildman–Crippen LogP) is 8.98. The molecule has 0 radical (unpaired) electrons. The number of ether oxygens (including phenoxy) is 2. The zero-order valence-electron chi connectivity index (χ0n) is 34.0. The molecule has 6 aromatic carbocycles. The van der Waals surface area contributed by atoms with Gasteiger partial charge in [-0.1, -0.05) is 96.0 Å². The van der Waals surface area contributed by atoms with Crippen LogP contribution < -0.4 is 19.7 Å². The Balaban J connectivity index is 1.02. The second kappa shape index (κ2) is 18.5. The van der Waals surface area contributed by atoms with Crippen molar-refractivity contribution >= 4 is 52.6 Å².